The largest absolute Gasteiger partial charge is 0.493 e. The predicted molar refractivity (Wildman–Crippen MR) is 132 cm³/mol. The highest BCUT2D eigenvalue weighted by Gasteiger charge is 2.14. The zero-order valence-corrected chi connectivity index (χ0v) is 20.0. The van der Waals surface area contributed by atoms with Crippen molar-refractivity contribution in [1.82, 2.24) is 0 Å². The fourth-order valence-electron chi connectivity index (χ4n) is 2.99. The number of hydrogen-bond acceptors (Lipinski definition) is 6. The van der Waals surface area contributed by atoms with Crippen LogP contribution in [0.25, 0.3) is 6.08 Å². The molecule has 1 amide bonds. The Morgan fingerprint density at radius 2 is 1.91 bits per heavy atom. The third-order valence-corrected chi connectivity index (χ3v) is 5.46. The highest BCUT2D eigenvalue weighted by atomic mass is 79.9. The summed E-state index contributed by atoms with van der Waals surface area (Å²) in [5, 5.41) is 23.2. The molecule has 0 bridgehead atoms. The second-order valence-electron chi connectivity index (χ2n) is 7.23. The van der Waals surface area contributed by atoms with Crippen molar-refractivity contribution in [3.05, 3.63) is 97.5 Å². The van der Waals surface area contributed by atoms with Crippen molar-refractivity contribution < 1.29 is 19.2 Å². The van der Waals surface area contributed by atoms with Gasteiger partial charge in [-0.1, -0.05) is 45.8 Å². The maximum absolute atomic E-state index is 12.6. The third-order valence-electron chi connectivity index (χ3n) is 4.77. The number of nitriles is 1. The lowest BCUT2D eigenvalue weighted by Gasteiger charge is -2.13. The summed E-state index contributed by atoms with van der Waals surface area (Å²) in [6.45, 7) is 2.02. The normalized spacial score (nSPS) is 10.8. The molecule has 0 spiro atoms. The first-order valence-corrected chi connectivity index (χ1v) is 10.8. The molecule has 3 aromatic rings. The quantitative estimate of drug-likeness (QED) is 0.173. The Bertz CT molecular complexity index is 1300. The molecule has 0 aliphatic carbocycles. The number of carbonyl (C=O) groups is 1. The van der Waals surface area contributed by atoms with Crippen LogP contribution in [0, 0.1) is 28.4 Å². The minimum atomic E-state index is -0.539. The van der Waals surface area contributed by atoms with Crippen LogP contribution in [0.4, 0.5) is 11.4 Å². The van der Waals surface area contributed by atoms with E-state index in [9.17, 15) is 20.2 Å². The van der Waals surface area contributed by atoms with E-state index in [-0.39, 0.29) is 17.9 Å². The van der Waals surface area contributed by atoms with Crippen molar-refractivity contribution in [2.75, 3.05) is 12.4 Å². The number of carbonyl (C=O) groups excluding carboxylic acids is 1. The molecule has 0 atom stereocenters. The molecule has 0 aromatic heterocycles. The zero-order valence-electron chi connectivity index (χ0n) is 18.4. The molecular weight excluding hydrogens is 502 g/mol. The Hall–Kier alpha value is -4.16. The van der Waals surface area contributed by atoms with Gasteiger partial charge in [0.2, 0.25) is 0 Å². The van der Waals surface area contributed by atoms with E-state index < -0.39 is 10.8 Å². The lowest BCUT2D eigenvalue weighted by Crippen LogP contribution is -2.13. The van der Waals surface area contributed by atoms with E-state index >= 15 is 0 Å². The van der Waals surface area contributed by atoms with Gasteiger partial charge < -0.3 is 14.8 Å². The molecule has 34 heavy (non-hydrogen) atoms. The van der Waals surface area contributed by atoms with Crippen molar-refractivity contribution >= 4 is 39.3 Å². The van der Waals surface area contributed by atoms with Crippen molar-refractivity contribution in [3.63, 3.8) is 0 Å². The van der Waals surface area contributed by atoms with E-state index in [1.807, 2.05) is 25.1 Å². The van der Waals surface area contributed by atoms with Crippen LogP contribution in [0.2, 0.25) is 0 Å². The number of nitro groups is 1. The third kappa shape index (κ3) is 6.21. The van der Waals surface area contributed by atoms with Gasteiger partial charge in [0.05, 0.1) is 12.0 Å². The Labute approximate surface area is 204 Å². The van der Waals surface area contributed by atoms with Gasteiger partial charge in [-0.15, -0.1) is 0 Å². The van der Waals surface area contributed by atoms with Gasteiger partial charge in [0, 0.05) is 22.3 Å². The van der Waals surface area contributed by atoms with Crippen LogP contribution in [-0.4, -0.2) is 17.9 Å². The molecule has 0 aliphatic heterocycles. The standard InChI is InChI=1S/C25H20BrN3O5/c1-16-6-8-20(9-7-16)28-25(30)19(14-27)11-18-12-23(33-2)24(13-22(18)26)34-15-17-4-3-5-21(10-17)29(31)32/h3-13H,15H2,1-2H3,(H,28,30)/b19-11+. The number of methoxy groups -OCH3 is 1. The van der Waals surface area contributed by atoms with Crippen LogP contribution < -0.4 is 14.8 Å². The van der Waals surface area contributed by atoms with Crippen molar-refractivity contribution in [2.45, 2.75) is 13.5 Å². The maximum Gasteiger partial charge on any atom is 0.269 e. The monoisotopic (exact) mass is 521 g/mol. The SMILES string of the molecule is COc1cc(/C=C(\C#N)C(=O)Nc2ccc(C)cc2)c(Br)cc1OCc1cccc([N+](=O)[O-])c1. The summed E-state index contributed by atoms with van der Waals surface area (Å²) in [7, 11) is 1.46. The number of nitrogens with one attached hydrogen (secondary N) is 1. The fourth-order valence-corrected chi connectivity index (χ4v) is 3.43. The average Bonchev–Trinajstić information content (AvgIpc) is 2.83. The molecule has 9 heteroatoms. The van der Waals surface area contributed by atoms with Crippen LogP contribution in [0.3, 0.4) is 0 Å². The molecule has 0 heterocycles. The fraction of sp³-hybridized carbons (Fsp3) is 0.120. The van der Waals surface area contributed by atoms with E-state index in [4.69, 9.17) is 9.47 Å². The molecule has 0 unspecified atom stereocenters. The van der Waals surface area contributed by atoms with E-state index in [1.165, 1.54) is 25.3 Å². The van der Waals surface area contributed by atoms with E-state index in [0.29, 0.717) is 32.8 Å². The van der Waals surface area contributed by atoms with Crippen LogP contribution in [0.1, 0.15) is 16.7 Å². The summed E-state index contributed by atoms with van der Waals surface area (Å²) in [5.41, 5.74) is 2.68. The number of nitrogens with zero attached hydrogens (tertiary/aromatic N) is 2. The van der Waals surface area contributed by atoms with Crippen LogP contribution in [-0.2, 0) is 11.4 Å². The van der Waals surface area contributed by atoms with Crippen LogP contribution in [0.5, 0.6) is 11.5 Å². The topological polar surface area (TPSA) is 114 Å². The van der Waals surface area contributed by atoms with Gasteiger partial charge >= 0.3 is 0 Å². The smallest absolute Gasteiger partial charge is 0.269 e. The maximum atomic E-state index is 12.6. The van der Waals surface area contributed by atoms with Gasteiger partial charge in [0.25, 0.3) is 11.6 Å². The van der Waals surface area contributed by atoms with Crippen LogP contribution >= 0.6 is 15.9 Å². The average molecular weight is 522 g/mol. The first-order valence-electron chi connectivity index (χ1n) is 10.0. The highest BCUT2D eigenvalue weighted by molar-refractivity contribution is 9.10. The van der Waals surface area contributed by atoms with Gasteiger partial charge in [-0.25, -0.2) is 0 Å². The Morgan fingerprint density at radius 1 is 1.18 bits per heavy atom. The molecule has 1 N–H and O–H groups in total. The molecule has 0 saturated carbocycles. The van der Waals surface area contributed by atoms with Crippen molar-refractivity contribution in [1.29, 1.82) is 5.26 Å². The summed E-state index contributed by atoms with van der Waals surface area (Å²) in [5.74, 6) is 0.222. The Morgan fingerprint density at radius 3 is 2.56 bits per heavy atom. The van der Waals surface area contributed by atoms with Gasteiger partial charge in [-0.3, -0.25) is 14.9 Å². The molecule has 0 fully saturated rings. The number of benzene rings is 3. The zero-order chi connectivity index (χ0) is 24.7. The Balaban J connectivity index is 1.81. The number of ether oxygens (including phenoxy) is 2. The molecule has 3 rings (SSSR count). The number of anilines is 1. The van der Waals surface area contributed by atoms with Gasteiger partial charge in [-0.05, 0) is 48.4 Å². The Kier molecular flexibility index (Phi) is 8.01. The number of aryl methyl sites for hydroxylation is 1. The molecule has 0 saturated heterocycles. The van der Waals surface area contributed by atoms with E-state index in [2.05, 4.69) is 21.2 Å². The molecular formula is C25H20BrN3O5. The number of halogens is 1. The second-order valence-corrected chi connectivity index (χ2v) is 8.08. The first kappa shape index (κ1) is 24.5. The highest BCUT2D eigenvalue weighted by Crippen LogP contribution is 2.35. The molecule has 0 aliphatic rings. The van der Waals surface area contributed by atoms with Crippen LogP contribution in [0.15, 0.2) is 70.7 Å². The number of nitro benzene ring substituents is 1. The molecule has 172 valence electrons. The first-order chi connectivity index (χ1) is 16.3. The van der Waals surface area contributed by atoms with E-state index in [0.717, 1.165) is 5.56 Å². The lowest BCUT2D eigenvalue weighted by atomic mass is 10.1. The minimum Gasteiger partial charge on any atom is -0.493 e. The minimum absolute atomic E-state index is 0.0253. The summed E-state index contributed by atoms with van der Waals surface area (Å²) in [4.78, 5) is 23.1. The van der Waals surface area contributed by atoms with Gasteiger partial charge in [-0.2, -0.15) is 5.26 Å². The van der Waals surface area contributed by atoms with Gasteiger partial charge in [0.15, 0.2) is 11.5 Å². The predicted octanol–water partition coefficient (Wildman–Crippen LogP) is 5.80. The summed E-state index contributed by atoms with van der Waals surface area (Å²) < 4.78 is 11.8. The molecule has 3 aromatic carbocycles. The lowest BCUT2D eigenvalue weighted by molar-refractivity contribution is -0.384. The summed E-state index contributed by atoms with van der Waals surface area (Å²) in [6, 6.07) is 18.6. The summed E-state index contributed by atoms with van der Waals surface area (Å²) in [6.07, 6.45) is 1.44. The molecule has 8 nitrogen and oxygen atoms in total. The van der Waals surface area contributed by atoms with E-state index in [1.54, 1.807) is 36.4 Å². The van der Waals surface area contributed by atoms with Crippen molar-refractivity contribution in [2.24, 2.45) is 0 Å². The number of amides is 1. The van der Waals surface area contributed by atoms with Gasteiger partial charge in [0.1, 0.15) is 18.2 Å². The number of hydrogen-bond donors (Lipinski definition) is 1. The second kappa shape index (κ2) is 11.1. The van der Waals surface area contributed by atoms with Crippen molar-refractivity contribution in [3.8, 4) is 17.6 Å². The number of non-ortho nitro benzene ring substituents is 1. The summed E-state index contributed by atoms with van der Waals surface area (Å²) >= 11 is 3.44. The molecule has 0 radical (unpaired) electrons. The number of rotatable bonds is 8.